The van der Waals surface area contributed by atoms with Gasteiger partial charge < -0.3 is 0 Å². The molecule has 0 aliphatic heterocycles. The van der Waals surface area contributed by atoms with Gasteiger partial charge >= 0.3 is 0 Å². The van der Waals surface area contributed by atoms with E-state index in [0.29, 0.717) is 0 Å². The van der Waals surface area contributed by atoms with Crippen LogP contribution in [0.25, 0.3) is 10.0 Å². The molecule has 2 aromatic carbocycles. The van der Waals surface area contributed by atoms with E-state index < -0.39 is 0 Å². The number of rotatable bonds is 7. The maximum Gasteiger partial charge on any atom is 0.153 e. The summed E-state index contributed by atoms with van der Waals surface area (Å²) < 4.78 is 0. The van der Waals surface area contributed by atoms with Crippen molar-refractivity contribution in [3.63, 3.8) is 0 Å². The highest BCUT2D eigenvalue weighted by atomic mass is 32.1. The minimum Gasteiger partial charge on any atom is -0.278 e. The van der Waals surface area contributed by atoms with E-state index in [1.807, 2.05) is 88.4 Å². The summed E-state index contributed by atoms with van der Waals surface area (Å²) >= 11 is 3.22. The lowest BCUT2D eigenvalue weighted by Crippen LogP contribution is -1.99. The van der Waals surface area contributed by atoms with Gasteiger partial charge in [-0.1, -0.05) is 36.4 Å². The highest BCUT2D eigenvalue weighted by Crippen LogP contribution is 2.33. The van der Waals surface area contributed by atoms with Crippen LogP contribution in [0.5, 0.6) is 0 Å². The van der Waals surface area contributed by atoms with Gasteiger partial charge in [0.15, 0.2) is 10.0 Å². The van der Waals surface area contributed by atoms with Gasteiger partial charge in [-0.15, -0.1) is 22.7 Å². The molecule has 2 N–H and O–H groups in total. The Bertz CT molecular complexity index is 1160. The van der Waals surface area contributed by atoms with E-state index in [2.05, 4.69) is 21.1 Å². The zero-order valence-corrected chi connectivity index (χ0v) is 20.0. The lowest BCUT2D eigenvalue weighted by Gasteiger charge is -2.01. The van der Waals surface area contributed by atoms with Gasteiger partial charge in [-0.05, 0) is 52.0 Å². The molecule has 0 aliphatic carbocycles. The summed E-state index contributed by atoms with van der Waals surface area (Å²) in [5, 5.41) is 10.9. The lowest BCUT2D eigenvalue weighted by atomic mass is 10.3. The van der Waals surface area contributed by atoms with Crippen LogP contribution in [0.15, 0.2) is 70.9 Å². The Morgan fingerprint density at radius 3 is 1.41 bits per heavy atom. The third-order valence-corrected chi connectivity index (χ3v) is 7.36. The molecule has 0 saturated carbocycles. The average molecular weight is 461 g/mol. The number of nitrogens with zero attached hydrogens (tertiary/aromatic N) is 4. The van der Waals surface area contributed by atoms with Crippen molar-refractivity contribution in [1.82, 2.24) is 9.97 Å². The molecule has 4 aromatic rings. The van der Waals surface area contributed by atoms with Gasteiger partial charge in [-0.3, -0.25) is 10.9 Å². The maximum absolute atomic E-state index is 4.77. The first-order valence-electron chi connectivity index (χ1n) is 10.2. The number of aryl methyl sites for hydroxylation is 2. The number of anilines is 2. The summed E-state index contributed by atoms with van der Waals surface area (Å²) in [5.41, 5.74) is 11.8. The first kappa shape index (κ1) is 21.9. The van der Waals surface area contributed by atoms with Crippen LogP contribution in [0.4, 0.5) is 11.4 Å². The zero-order valence-electron chi connectivity index (χ0n) is 18.4. The Morgan fingerprint density at radius 2 is 1.03 bits per heavy atom. The van der Waals surface area contributed by atoms with Crippen molar-refractivity contribution < 1.29 is 0 Å². The molecule has 32 heavy (non-hydrogen) atoms. The smallest absolute Gasteiger partial charge is 0.153 e. The summed E-state index contributed by atoms with van der Waals surface area (Å²) in [6.07, 6.45) is 0. The molecule has 4 rings (SSSR count). The molecule has 0 fully saturated rings. The van der Waals surface area contributed by atoms with Crippen molar-refractivity contribution in [2.45, 2.75) is 27.7 Å². The number of hydrogen-bond acceptors (Lipinski definition) is 8. The molecule has 0 unspecified atom stereocenters. The highest BCUT2D eigenvalue weighted by Gasteiger charge is 2.18. The predicted octanol–water partition coefficient (Wildman–Crippen LogP) is 6.56. The van der Waals surface area contributed by atoms with Crippen LogP contribution in [0, 0.1) is 13.8 Å². The van der Waals surface area contributed by atoms with Gasteiger partial charge in [0.2, 0.25) is 0 Å². The molecule has 8 heteroatoms. The molecular weight excluding hydrogens is 436 g/mol. The Labute approximate surface area is 195 Å². The molecule has 0 saturated heterocycles. The number of para-hydroxylation sites is 2. The van der Waals surface area contributed by atoms with E-state index >= 15 is 0 Å². The third-order valence-electron chi connectivity index (χ3n) is 4.69. The van der Waals surface area contributed by atoms with Crippen LogP contribution < -0.4 is 10.9 Å². The highest BCUT2D eigenvalue weighted by molar-refractivity contribution is 7.23. The lowest BCUT2D eigenvalue weighted by molar-refractivity contribution is 1.21. The second-order valence-corrected chi connectivity index (χ2v) is 9.22. The van der Waals surface area contributed by atoms with Crippen molar-refractivity contribution in [1.29, 1.82) is 0 Å². The van der Waals surface area contributed by atoms with Gasteiger partial charge in [-0.2, -0.15) is 10.2 Å². The van der Waals surface area contributed by atoms with E-state index in [1.165, 1.54) is 0 Å². The fourth-order valence-corrected chi connectivity index (χ4v) is 5.11. The molecule has 0 bridgehead atoms. The van der Waals surface area contributed by atoms with E-state index in [1.54, 1.807) is 22.7 Å². The van der Waals surface area contributed by atoms with Crippen LogP contribution >= 0.6 is 22.7 Å². The molecule has 6 nitrogen and oxygen atoms in total. The second kappa shape index (κ2) is 9.84. The number of benzene rings is 2. The summed E-state index contributed by atoms with van der Waals surface area (Å²) in [6.45, 7) is 8.00. The summed E-state index contributed by atoms with van der Waals surface area (Å²) in [4.78, 5) is 11.6. The third kappa shape index (κ3) is 5.09. The monoisotopic (exact) mass is 460 g/mol. The normalized spacial score (nSPS) is 12.1. The second-order valence-electron chi connectivity index (χ2n) is 7.22. The standard InChI is InChI=1S/C24H24N6S2/c1-15-21(17(3)27-29-19-11-7-5-8-12-19)31-23(25-15)24-26-16(2)22(32-24)18(4)28-30-20-13-9-6-10-14-20/h5-14,29-30H,1-4H3. The SMILES string of the molecule is CC(=NNc1ccccc1)c1sc(-c2nc(C)c(C(C)=NNc3ccccc3)s2)nc1C. The van der Waals surface area contributed by atoms with E-state index in [0.717, 1.165) is 54.0 Å². The average Bonchev–Trinajstić information content (AvgIpc) is 3.40. The van der Waals surface area contributed by atoms with Crippen LogP contribution in [0.3, 0.4) is 0 Å². The predicted molar refractivity (Wildman–Crippen MR) is 137 cm³/mol. The Kier molecular flexibility index (Phi) is 6.72. The molecule has 0 amide bonds. The van der Waals surface area contributed by atoms with Crippen LogP contribution in [-0.2, 0) is 0 Å². The largest absolute Gasteiger partial charge is 0.278 e. The van der Waals surface area contributed by atoms with Gasteiger partial charge in [0.25, 0.3) is 0 Å². The van der Waals surface area contributed by atoms with Gasteiger partial charge in [0.1, 0.15) is 0 Å². The maximum atomic E-state index is 4.77. The number of hydrogen-bond donors (Lipinski definition) is 2. The fraction of sp³-hybridized carbons (Fsp3) is 0.167. The molecule has 0 atom stereocenters. The molecule has 162 valence electrons. The Morgan fingerprint density at radius 1 is 0.656 bits per heavy atom. The topological polar surface area (TPSA) is 74.6 Å². The minimum atomic E-state index is 0.897. The van der Waals surface area contributed by atoms with Crippen molar-refractivity contribution in [2.75, 3.05) is 10.9 Å². The first-order chi connectivity index (χ1) is 15.5. The van der Waals surface area contributed by atoms with Crippen molar-refractivity contribution >= 4 is 45.5 Å². The summed E-state index contributed by atoms with van der Waals surface area (Å²) in [6, 6.07) is 19.8. The summed E-state index contributed by atoms with van der Waals surface area (Å²) in [5.74, 6) is 0. The van der Waals surface area contributed by atoms with Crippen molar-refractivity contribution in [2.24, 2.45) is 10.2 Å². The molecule has 0 radical (unpaired) electrons. The Balaban J connectivity index is 1.53. The van der Waals surface area contributed by atoms with Crippen LogP contribution in [0.2, 0.25) is 0 Å². The van der Waals surface area contributed by atoms with Crippen molar-refractivity contribution in [3.05, 3.63) is 81.8 Å². The Hall–Kier alpha value is -3.36. The van der Waals surface area contributed by atoms with Gasteiger partial charge in [0, 0.05) is 0 Å². The molecule has 2 heterocycles. The van der Waals surface area contributed by atoms with Crippen LogP contribution in [0.1, 0.15) is 35.0 Å². The fourth-order valence-electron chi connectivity index (χ4n) is 3.07. The summed E-state index contributed by atoms with van der Waals surface area (Å²) in [7, 11) is 0. The van der Waals surface area contributed by atoms with Crippen molar-refractivity contribution in [3.8, 4) is 10.0 Å². The molecular formula is C24H24N6S2. The van der Waals surface area contributed by atoms with Crippen LogP contribution in [-0.4, -0.2) is 21.4 Å². The number of aromatic nitrogens is 2. The van der Waals surface area contributed by atoms with Gasteiger partial charge in [0.05, 0.1) is 43.9 Å². The molecule has 2 aromatic heterocycles. The minimum absolute atomic E-state index is 0.897. The quantitative estimate of drug-likeness (QED) is 0.242. The molecule has 0 aliphatic rings. The number of thiazole rings is 2. The number of nitrogens with one attached hydrogen (secondary N) is 2. The number of hydrazone groups is 2. The van der Waals surface area contributed by atoms with Gasteiger partial charge in [-0.25, -0.2) is 9.97 Å². The molecule has 0 spiro atoms. The van der Waals surface area contributed by atoms with E-state index in [-0.39, 0.29) is 0 Å². The first-order valence-corrected chi connectivity index (χ1v) is 11.8. The van der Waals surface area contributed by atoms with E-state index in [4.69, 9.17) is 9.97 Å². The van der Waals surface area contributed by atoms with E-state index in [9.17, 15) is 0 Å². The zero-order chi connectivity index (χ0) is 22.5.